The van der Waals surface area contributed by atoms with E-state index >= 15 is 0 Å². The smallest absolute Gasteiger partial charge is 0.251 e. The summed E-state index contributed by atoms with van der Waals surface area (Å²) >= 11 is 8.60. The maximum absolute atomic E-state index is 12.3. The molecular formula is C21H20ClN3O4S2. The number of aromatic nitrogens is 2. The summed E-state index contributed by atoms with van der Waals surface area (Å²) in [6.07, 6.45) is 0. The number of amides is 1. The zero-order chi connectivity index (χ0) is 22.2. The Morgan fingerprint density at radius 1 is 1.06 bits per heavy atom. The summed E-state index contributed by atoms with van der Waals surface area (Å²) in [5.41, 5.74) is 0.953. The minimum atomic E-state index is -0.260. The Kier molecular flexibility index (Phi) is 8.27. The quantitative estimate of drug-likeness (QED) is 0.347. The van der Waals surface area contributed by atoms with Crippen molar-refractivity contribution in [2.45, 2.75) is 15.8 Å². The third kappa shape index (κ3) is 6.95. The molecule has 2 N–H and O–H groups in total. The number of benzene rings is 2. The number of carbonyl (C=O) groups is 1. The van der Waals surface area contributed by atoms with Crippen LogP contribution in [0.4, 0.5) is 5.69 Å². The molecule has 3 rings (SSSR count). The molecule has 162 valence electrons. The van der Waals surface area contributed by atoms with Gasteiger partial charge in [0.25, 0.3) is 5.56 Å². The molecule has 0 saturated heterocycles. The van der Waals surface area contributed by atoms with E-state index in [0.29, 0.717) is 38.8 Å². The standard InChI is InChI=1S/C21H20ClN3O4S2/c1-28-17-8-5-14(9-18(17)29-2)23-20(27)12-31-21-24-15(10-19(26)25-21)11-30-16-6-3-13(22)4-7-16/h3-10H,11-12H2,1-2H3,(H,23,27)(H,24,25,26). The van der Waals surface area contributed by atoms with Crippen LogP contribution < -0.4 is 20.3 Å². The van der Waals surface area contributed by atoms with Gasteiger partial charge >= 0.3 is 0 Å². The van der Waals surface area contributed by atoms with Crippen LogP contribution in [0.1, 0.15) is 5.69 Å². The van der Waals surface area contributed by atoms with Crippen molar-refractivity contribution in [3.8, 4) is 11.5 Å². The Morgan fingerprint density at radius 3 is 2.52 bits per heavy atom. The molecule has 0 atom stereocenters. The van der Waals surface area contributed by atoms with Crippen molar-refractivity contribution in [2.24, 2.45) is 0 Å². The Hall–Kier alpha value is -2.62. The van der Waals surface area contributed by atoms with E-state index < -0.39 is 0 Å². The Morgan fingerprint density at radius 2 is 1.81 bits per heavy atom. The number of nitrogens with zero attached hydrogens (tertiary/aromatic N) is 1. The highest BCUT2D eigenvalue weighted by molar-refractivity contribution is 7.99. The van der Waals surface area contributed by atoms with Crippen molar-refractivity contribution in [1.29, 1.82) is 0 Å². The van der Waals surface area contributed by atoms with E-state index in [1.54, 1.807) is 37.1 Å². The highest BCUT2D eigenvalue weighted by atomic mass is 35.5. The second-order valence-corrected chi connectivity index (χ2v) is 8.64. The third-order valence-corrected chi connectivity index (χ3v) is 6.15. The Labute approximate surface area is 192 Å². The van der Waals surface area contributed by atoms with Crippen LogP contribution in [-0.4, -0.2) is 35.8 Å². The molecule has 1 aromatic heterocycles. The van der Waals surface area contributed by atoms with Gasteiger partial charge in [-0.25, -0.2) is 4.98 Å². The normalized spacial score (nSPS) is 10.5. The van der Waals surface area contributed by atoms with Gasteiger partial charge in [-0.15, -0.1) is 11.8 Å². The average molecular weight is 478 g/mol. The lowest BCUT2D eigenvalue weighted by Gasteiger charge is -2.10. The number of hydrogen-bond donors (Lipinski definition) is 2. The van der Waals surface area contributed by atoms with Gasteiger partial charge in [-0.3, -0.25) is 9.59 Å². The summed E-state index contributed by atoms with van der Waals surface area (Å²) < 4.78 is 10.4. The molecule has 0 aliphatic rings. The van der Waals surface area contributed by atoms with Gasteiger partial charge in [0.05, 0.1) is 25.7 Å². The van der Waals surface area contributed by atoms with Crippen LogP contribution in [0.2, 0.25) is 5.02 Å². The number of carbonyl (C=O) groups excluding carboxylic acids is 1. The van der Waals surface area contributed by atoms with Gasteiger partial charge in [-0.1, -0.05) is 23.4 Å². The fourth-order valence-corrected chi connectivity index (χ4v) is 4.17. The second kappa shape index (κ2) is 11.1. The van der Waals surface area contributed by atoms with E-state index in [9.17, 15) is 9.59 Å². The molecule has 1 amide bonds. The molecule has 3 aromatic rings. The fraction of sp³-hybridized carbons (Fsp3) is 0.190. The number of aromatic amines is 1. The van der Waals surface area contributed by atoms with E-state index in [4.69, 9.17) is 21.1 Å². The lowest BCUT2D eigenvalue weighted by Crippen LogP contribution is -2.16. The van der Waals surface area contributed by atoms with Crippen LogP contribution in [0.5, 0.6) is 11.5 Å². The summed E-state index contributed by atoms with van der Waals surface area (Å²) in [7, 11) is 3.07. The maximum atomic E-state index is 12.3. The summed E-state index contributed by atoms with van der Waals surface area (Å²) in [4.78, 5) is 32.4. The number of methoxy groups -OCH3 is 2. The predicted octanol–water partition coefficient (Wildman–Crippen LogP) is 4.46. The number of H-pyrrole nitrogens is 1. The molecule has 2 aromatic carbocycles. The maximum Gasteiger partial charge on any atom is 0.251 e. The van der Waals surface area contributed by atoms with Crippen molar-refractivity contribution in [2.75, 3.05) is 25.3 Å². The van der Waals surface area contributed by atoms with Gasteiger partial charge in [0.15, 0.2) is 16.7 Å². The first kappa shape index (κ1) is 23.1. The summed E-state index contributed by atoms with van der Waals surface area (Å²) in [5, 5.41) is 3.85. The highest BCUT2D eigenvalue weighted by Crippen LogP contribution is 2.30. The van der Waals surface area contributed by atoms with E-state index in [1.165, 1.54) is 13.2 Å². The number of thioether (sulfide) groups is 2. The summed E-state index contributed by atoms with van der Waals surface area (Å²) in [6, 6.07) is 14.0. The monoisotopic (exact) mass is 477 g/mol. The van der Waals surface area contributed by atoms with Crippen LogP contribution in [-0.2, 0) is 10.5 Å². The molecule has 31 heavy (non-hydrogen) atoms. The molecule has 0 unspecified atom stereocenters. The van der Waals surface area contributed by atoms with Crippen LogP contribution in [0.3, 0.4) is 0 Å². The predicted molar refractivity (Wildman–Crippen MR) is 125 cm³/mol. The zero-order valence-corrected chi connectivity index (χ0v) is 19.2. The first-order valence-electron chi connectivity index (χ1n) is 9.10. The van der Waals surface area contributed by atoms with E-state index in [1.807, 2.05) is 24.3 Å². The molecule has 10 heteroatoms. The van der Waals surface area contributed by atoms with Crippen molar-refractivity contribution >= 4 is 46.7 Å². The van der Waals surface area contributed by atoms with Crippen LogP contribution in [0.25, 0.3) is 0 Å². The first-order valence-corrected chi connectivity index (χ1v) is 11.4. The lowest BCUT2D eigenvalue weighted by molar-refractivity contribution is -0.113. The second-order valence-electron chi connectivity index (χ2n) is 6.19. The topological polar surface area (TPSA) is 93.3 Å². The van der Waals surface area contributed by atoms with Gasteiger partial charge < -0.3 is 19.8 Å². The van der Waals surface area contributed by atoms with Crippen LogP contribution in [0.15, 0.2) is 63.4 Å². The minimum absolute atomic E-state index is 0.0884. The largest absolute Gasteiger partial charge is 0.493 e. The van der Waals surface area contributed by atoms with Crippen LogP contribution in [0, 0.1) is 0 Å². The molecule has 0 radical (unpaired) electrons. The molecule has 7 nitrogen and oxygen atoms in total. The number of nitrogens with one attached hydrogen (secondary N) is 2. The van der Waals surface area contributed by atoms with Crippen molar-refractivity contribution in [1.82, 2.24) is 9.97 Å². The highest BCUT2D eigenvalue weighted by Gasteiger charge is 2.10. The minimum Gasteiger partial charge on any atom is -0.493 e. The lowest BCUT2D eigenvalue weighted by atomic mass is 10.2. The van der Waals surface area contributed by atoms with E-state index in [-0.39, 0.29) is 17.2 Å². The summed E-state index contributed by atoms with van der Waals surface area (Å²) in [5.74, 6) is 1.47. The van der Waals surface area contributed by atoms with Gasteiger partial charge in [-0.2, -0.15) is 0 Å². The number of rotatable bonds is 9. The molecule has 0 fully saturated rings. The molecule has 0 bridgehead atoms. The van der Waals surface area contributed by atoms with Crippen LogP contribution >= 0.6 is 35.1 Å². The summed E-state index contributed by atoms with van der Waals surface area (Å²) in [6.45, 7) is 0. The van der Waals surface area contributed by atoms with Crippen molar-refractivity contribution in [3.63, 3.8) is 0 Å². The number of ether oxygens (including phenoxy) is 2. The Bertz CT molecular complexity index is 1110. The zero-order valence-electron chi connectivity index (χ0n) is 16.8. The third-order valence-electron chi connectivity index (χ3n) is 3.98. The van der Waals surface area contributed by atoms with Crippen molar-refractivity contribution in [3.05, 3.63) is 69.6 Å². The van der Waals surface area contributed by atoms with Gasteiger partial charge in [-0.05, 0) is 36.4 Å². The number of halogens is 1. The van der Waals surface area contributed by atoms with E-state index in [2.05, 4.69) is 15.3 Å². The molecule has 0 spiro atoms. The van der Waals surface area contributed by atoms with E-state index in [0.717, 1.165) is 16.7 Å². The molecular weight excluding hydrogens is 458 g/mol. The average Bonchev–Trinajstić information content (AvgIpc) is 2.77. The van der Waals surface area contributed by atoms with Gasteiger partial charge in [0.1, 0.15) is 0 Å². The Balaban J connectivity index is 1.57. The molecule has 1 heterocycles. The number of anilines is 1. The number of hydrogen-bond acceptors (Lipinski definition) is 7. The molecule has 0 aliphatic carbocycles. The molecule has 0 saturated carbocycles. The fourth-order valence-electron chi connectivity index (χ4n) is 2.56. The first-order chi connectivity index (χ1) is 15.0. The van der Waals surface area contributed by atoms with Gasteiger partial charge in [0, 0.05) is 33.5 Å². The molecule has 0 aliphatic heterocycles. The van der Waals surface area contributed by atoms with Gasteiger partial charge in [0.2, 0.25) is 5.91 Å². The van der Waals surface area contributed by atoms with Crippen molar-refractivity contribution < 1.29 is 14.3 Å². The SMILES string of the molecule is COc1ccc(NC(=O)CSc2nc(CSc3ccc(Cl)cc3)cc(=O)[nH]2)cc1OC.